The van der Waals surface area contributed by atoms with Gasteiger partial charge >= 0.3 is 0 Å². The van der Waals surface area contributed by atoms with Gasteiger partial charge in [0, 0.05) is 12.6 Å². The molecule has 2 aliphatic rings. The van der Waals surface area contributed by atoms with Crippen molar-refractivity contribution >= 4 is 5.91 Å². The van der Waals surface area contributed by atoms with Crippen LogP contribution in [0.4, 0.5) is 0 Å². The average molecular weight is 549 g/mol. The highest BCUT2D eigenvalue weighted by molar-refractivity contribution is 5.78. The lowest BCUT2D eigenvalue weighted by Gasteiger charge is -2.31. The fourth-order valence-electron chi connectivity index (χ4n) is 5.44. The smallest absolute Gasteiger partial charge is 0.234 e. The van der Waals surface area contributed by atoms with Crippen molar-refractivity contribution in [2.24, 2.45) is 0 Å². The molecule has 1 N–H and O–H groups in total. The highest BCUT2D eigenvalue weighted by Crippen LogP contribution is 2.40. The maximum Gasteiger partial charge on any atom is 0.234 e. The lowest BCUT2D eigenvalue weighted by atomic mass is 9.92. The van der Waals surface area contributed by atoms with E-state index in [1.807, 2.05) is 36.4 Å². The maximum absolute atomic E-state index is 13.3. The van der Waals surface area contributed by atoms with E-state index in [9.17, 15) is 4.79 Å². The molecule has 3 aromatic rings. The van der Waals surface area contributed by atoms with Crippen molar-refractivity contribution in [3.05, 3.63) is 70.8 Å². The summed E-state index contributed by atoms with van der Waals surface area (Å²) in [6, 6.07) is 15.7. The number of amides is 1. The number of hydrogen-bond donors (Lipinski definition) is 1. The van der Waals surface area contributed by atoms with Gasteiger partial charge in [0.2, 0.25) is 12.7 Å². The molecule has 0 aliphatic carbocycles. The molecular weight excluding hydrogens is 512 g/mol. The molecular formula is C31H36N2O7. The molecule has 0 radical (unpaired) electrons. The topological polar surface area (TPSA) is 87.7 Å². The fraction of sp³-hybridized carbons (Fsp3) is 0.387. The second-order valence-electron chi connectivity index (χ2n) is 9.85. The summed E-state index contributed by atoms with van der Waals surface area (Å²) in [5.74, 6) is 4.12. The normalized spacial score (nSPS) is 16.1. The number of carbonyl (C=O) groups is 1. The van der Waals surface area contributed by atoms with E-state index in [0.29, 0.717) is 41.7 Å². The number of benzene rings is 3. The number of fused-ring (bicyclic) bond motifs is 2. The van der Waals surface area contributed by atoms with Crippen LogP contribution in [0.15, 0.2) is 48.5 Å². The number of methoxy groups -OCH3 is 4. The molecule has 9 nitrogen and oxygen atoms in total. The van der Waals surface area contributed by atoms with Gasteiger partial charge in [-0.15, -0.1) is 0 Å². The zero-order chi connectivity index (χ0) is 28.1. The molecule has 1 atom stereocenters. The number of rotatable bonds is 10. The van der Waals surface area contributed by atoms with Crippen LogP contribution in [-0.2, 0) is 24.2 Å². The minimum atomic E-state index is -0.0632. The third-order valence-corrected chi connectivity index (χ3v) is 7.49. The maximum atomic E-state index is 13.3. The molecule has 40 heavy (non-hydrogen) atoms. The van der Waals surface area contributed by atoms with Crippen molar-refractivity contribution in [2.45, 2.75) is 31.8 Å². The van der Waals surface area contributed by atoms with E-state index in [0.717, 1.165) is 41.8 Å². The first-order chi connectivity index (χ1) is 19.5. The number of ether oxygens (including phenoxy) is 6. The van der Waals surface area contributed by atoms with Crippen LogP contribution >= 0.6 is 0 Å². The van der Waals surface area contributed by atoms with Crippen LogP contribution in [0.25, 0.3) is 0 Å². The monoisotopic (exact) mass is 548 g/mol. The number of nitrogens with zero attached hydrogens (tertiary/aromatic N) is 1. The van der Waals surface area contributed by atoms with E-state index >= 15 is 0 Å². The summed E-state index contributed by atoms with van der Waals surface area (Å²) in [7, 11) is 6.56. The molecule has 5 rings (SSSR count). The van der Waals surface area contributed by atoms with E-state index in [2.05, 4.69) is 22.3 Å². The first-order valence-electron chi connectivity index (χ1n) is 13.4. The van der Waals surface area contributed by atoms with Gasteiger partial charge in [-0.05, 0) is 84.5 Å². The second-order valence-corrected chi connectivity index (χ2v) is 9.85. The Balaban J connectivity index is 1.40. The molecule has 0 aromatic heterocycles. The molecule has 2 aliphatic heterocycles. The molecule has 9 heteroatoms. The van der Waals surface area contributed by atoms with Gasteiger partial charge in [-0.3, -0.25) is 9.69 Å². The van der Waals surface area contributed by atoms with E-state index in [4.69, 9.17) is 28.4 Å². The summed E-state index contributed by atoms with van der Waals surface area (Å²) in [5.41, 5.74) is 4.37. The fourth-order valence-corrected chi connectivity index (χ4v) is 5.44. The Morgan fingerprint density at radius 1 is 0.850 bits per heavy atom. The molecule has 1 unspecified atom stereocenters. The molecule has 0 bridgehead atoms. The van der Waals surface area contributed by atoms with Crippen LogP contribution in [0, 0.1) is 0 Å². The highest BCUT2D eigenvalue weighted by Gasteiger charge is 2.29. The molecule has 2 heterocycles. The van der Waals surface area contributed by atoms with Crippen LogP contribution in [0.3, 0.4) is 0 Å². The average Bonchev–Trinajstić information content (AvgIpc) is 3.39. The van der Waals surface area contributed by atoms with Crippen LogP contribution in [0.2, 0.25) is 0 Å². The van der Waals surface area contributed by atoms with E-state index in [1.165, 1.54) is 5.56 Å². The molecule has 0 spiro atoms. The van der Waals surface area contributed by atoms with Crippen molar-refractivity contribution in [3.8, 4) is 34.5 Å². The minimum Gasteiger partial charge on any atom is -0.493 e. The molecule has 0 saturated heterocycles. The van der Waals surface area contributed by atoms with Crippen molar-refractivity contribution in [1.82, 2.24) is 10.2 Å². The van der Waals surface area contributed by atoms with Gasteiger partial charge in [0.1, 0.15) is 0 Å². The van der Waals surface area contributed by atoms with Gasteiger partial charge in [0.25, 0.3) is 0 Å². The minimum absolute atomic E-state index is 0.0427. The number of nitrogens with one attached hydrogen (secondary N) is 1. The van der Waals surface area contributed by atoms with Crippen LogP contribution in [0.5, 0.6) is 34.5 Å². The zero-order valence-electron chi connectivity index (χ0n) is 23.5. The van der Waals surface area contributed by atoms with E-state index in [-0.39, 0.29) is 25.3 Å². The van der Waals surface area contributed by atoms with Gasteiger partial charge in [-0.1, -0.05) is 12.1 Å². The van der Waals surface area contributed by atoms with Gasteiger partial charge < -0.3 is 33.7 Å². The predicted molar refractivity (Wildman–Crippen MR) is 150 cm³/mol. The Hall–Kier alpha value is -4.11. The first kappa shape index (κ1) is 27.5. The van der Waals surface area contributed by atoms with Crippen LogP contribution < -0.4 is 33.7 Å². The van der Waals surface area contributed by atoms with Gasteiger partial charge in [0.05, 0.1) is 35.0 Å². The Morgan fingerprint density at radius 2 is 1.55 bits per heavy atom. The predicted octanol–water partition coefficient (Wildman–Crippen LogP) is 4.30. The van der Waals surface area contributed by atoms with Crippen molar-refractivity contribution < 1.29 is 33.2 Å². The Kier molecular flexibility index (Phi) is 8.50. The summed E-state index contributed by atoms with van der Waals surface area (Å²) in [6.45, 7) is 1.66. The summed E-state index contributed by atoms with van der Waals surface area (Å²) < 4.78 is 33.1. The number of carbonyl (C=O) groups excluding carboxylic acids is 1. The van der Waals surface area contributed by atoms with Gasteiger partial charge in [-0.2, -0.15) is 0 Å². The standard InChI is InChI=1S/C31H36N2O7/c1-35-25-9-7-20(13-27(25)36-2)12-24-23-16-29(38-4)28(37-3)15-22(23)6-5-11-33(24)18-31(34)32-17-21-8-10-26-30(14-21)40-19-39-26/h7-10,13-16,24H,5-6,11-12,17-19H2,1-4H3,(H,32,34). The summed E-state index contributed by atoms with van der Waals surface area (Å²) in [4.78, 5) is 15.5. The number of aryl methyl sites for hydroxylation is 1. The van der Waals surface area contributed by atoms with Crippen molar-refractivity contribution in [2.75, 3.05) is 48.3 Å². The first-order valence-corrected chi connectivity index (χ1v) is 13.4. The SMILES string of the molecule is COc1ccc(CC2c3cc(OC)c(OC)cc3CCCN2CC(=O)NCc2ccc3c(c2)OCO3)cc1OC. The van der Waals surface area contributed by atoms with Crippen LogP contribution in [-0.4, -0.2) is 59.1 Å². The van der Waals surface area contributed by atoms with Crippen molar-refractivity contribution in [3.63, 3.8) is 0 Å². The second kappa shape index (κ2) is 12.4. The van der Waals surface area contributed by atoms with E-state index in [1.54, 1.807) is 28.4 Å². The third kappa shape index (κ3) is 5.89. The third-order valence-electron chi connectivity index (χ3n) is 7.49. The Labute approximate surface area is 234 Å². The molecule has 0 fully saturated rings. The highest BCUT2D eigenvalue weighted by atomic mass is 16.7. The van der Waals surface area contributed by atoms with Gasteiger partial charge in [-0.25, -0.2) is 0 Å². The largest absolute Gasteiger partial charge is 0.493 e. The van der Waals surface area contributed by atoms with Gasteiger partial charge in [0.15, 0.2) is 34.5 Å². The van der Waals surface area contributed by atoms with Crippen molar-refractivity contribution in [1.29, 1.82) is 0 Å². The Morgan fingerprint density at radius 3 is 2.33 bits per heavy atom. The lowest BCUT2D eigenvalue weighted by Crippen LogP contribution is -2.40. The van der Waals surface area contributed by atoms with Crippen LogP contribution in [0.1, 0.15) is 34.7 Å². The molecule has 0 saturated carbocycles. The zero-order valence-corrected chi connectivity index (χ0v) is 23.5. The quantitative estimate of drug-likeness (QED) is 0.402. The summed E-state index contributed by atoms with van der Waals surface area (Å²) in [5, 5.41) is 3.08. The summed E-state index contributed by atoms with van der Waals surface area (Å²) >= 11 is 0. The lowest BCUT2D eigenvalue weighted by molar-refractivity contribution is -0.123. The molecule has 1 amide bonds. The number of hydrogen-bond acceptors (Lipinski definition) is 8. The molecule has 212 valence electrons. The van der Waals surface area contributed by atoms with E-state index < -0.39 is 0 Å². The summed E-state index contributed by atoms with van der Waals surface area (Å²) in [6.07, 6.45) is 2.48. The molecule has 3 aromatic carbocycles. The Bertz CT molecular complexity index is 1360.